The van der Waals surface area contributed by atoms with E-state index in [9.17, 15) is 14.4 Å². The molecule has 0 bridgehead atoms. The number of nitrogens with zero attached hydrogens (tertiary/aromatic N) is 2. The Bertz CT molecular complexity index is 484. The fourth-order valence-corrected chi connectivity index (χ4v) is 1.67. The molecule has 1 aliphatic heterocycles. The second-order valence-corrected chi connectivity index (χ2v) is 4.10. The van der Waals surface area contributed by atoms with E-state index in [4.69, 9.17) is 0 Å². The van der Waals surface area contributed by atoms with Crippen LogP contribution < -0.4 is 5.32 Å². The molecule has 1 rings (SSSR count). The first-order valence-electron chi connectivity index (χ1n) is 5.02. The summed E-state index contributed by atoms with van der Waals surface area (Å²) in [5.41, 5.74) is 0. The van der Waals surface area contributed by atoms with Crippen LogP contribution in [0.25, 0.3) is 0 Å². The zero-order valence-corrected chi connectivity index (χ0v) is 11.0. The molecule has 1 saturated heterocycles. The van der Waals surface area contributed by atoms with Crippen LogP contribution in [-0.2, 0) is 23.9 Å². The second kappa shape index (κ2) is 7.31. The van der Waals surface area contributed by atoms with Crippen LogP contribution in [0.5, 0.6) is 0 Å². The maximum atomic E-state index is 11.4. The third kappa shape index (κ3) is 4.92. The molecule has 0 saturated carbocycles. The first-order chi connectivity index (χ1) is 9.06. The number of esters is 2. The summed E-state index contributed by atoms with van der Waals surface area (Å²) in [6.45, 7) is 0. The quantitative estimate of drug-likeness (QED) is 0.332. The summed E-state index contributed by atoms with van der Waals surface area (Å²) in [6, 6.07) is 0. The Balaban J connectivity index is 2.59. The van der Waals surface area contributed by atoms with Crippen molar-refractivity contribution in [3.63, 3.8) is 0 Å². The van der Waals surface area contributed by atoms with Gasteiger partial charge in [0, 0.05) is 12.3 Å². The number of rotatable bonds is 4. The van der Waals surface area contributed by atoms with Crippen molar-refractivity contribution in [1.82, 2.24) is 5.32 Å². The third-order valence-corrected chi connectivity index (χ3v) is 2.72. The molecule has 0 aromatic carbocycles. The highest BCUT2D eigenvalue weighted by Gasteiger charge is 2.24. The maximum Gasteiger partial charge on any atom is 0.331 e. The summed E-state index contributed by atoms with van der Waals surface area (Å²) in [5, 5.41) is 9.89. The minimum absolute atomic E-state index is 0.0171. The molecule has 0 aromatic rings. The van der Waals surface area contributed by atoms with Crippen LogP contribution in [0, 0.1) is 0 Å². The zero-order chi connectivity index (χ0) is 14.3. The van der Waals surface area contributed by atoms with Gasteiger partial charge in [0.15, 0.2) is 5.17 Å². The highest BCUT2D eigenvalue weighted by atomic mass is 32.2. The van der Waals surface area contributed by atoms with Crippen molar-refractivity contribution >= 4 is 41.0 Å². The van der Waals surface area contributed by atoms with E-state index < -0.39 is 17.8 Å². The molecule has 9 heteroatoms. The molecule has 1 N–H and O–H groups in total. The molecule has 0 spiro atoms. The Kier molecular flexibility index (Phi) is 5.73. The Morgan fingerprint density at radius 3 is 2.74 bits per heavy atom. The summed E-state index contributed by atoms with van der Waals surface area (Å²) in [6.07, 6.45) is 2.28. The summed E-state index contributed by atoms with van der Waals surface area (Å²) in [4.78, 5) is 33.3. The number of nitrogens with one attached hydrogen (secondary N) is 1. The highest BCUT2D eigenvalue weighted by Crippen LogP contribution is 2.23. The van der Waals surface area contributed by atoms with Gasteiger partial charge in [-0.15, -0.1) is 5.10 Å². The maximum absolute atomic E-state index is 11.4. The van der Waals surface area contributed by atoms with Gasteiger partial charge in [0.05, 0.1) is 25.5 Å². The number of hydrogen-bond acceptors (Lipinski definition) is 8. The Morgan fingerprint density at radius 1 is 1.37 bits per heavy atom. The van der Waals surface area contributed by atoms with Crippen molar-refractivity contribution in [3.05, 3.63) is 11.0 Å². The molecular formula is C10H11N3O5S. The predicted molar refractivity (Wildman–Crippen MR) is 68.4 cm³/mol. The molecule has 19 heavy (non-hydrogen) atoms. The Hall–Kier alpha value is -2.16. The largest absolute Gasteiger partial charge is 0.469 e. The van der Waals surface area contributed by atoms with Crippen LogP contribution in [0.15, 0.2) is 21.2 Å². The van der Waals surface area contributed by atoms with Crippen molar-refractivity contribution in [3.8, 4) is 0 Å². The number of ether oxygens (including phenoxy) is 2. The second-order valence-electron chi connectivity index (χ2n) is 3.07. The molecular weight excluding hydrogens is 274 g/mol. The number of carbonyl (C=O) groups excluding carboxylic acids is 3. The van der Waals surface area contributed by atoms with Crippen LogP contribution in [0.3, 0.4) is 0 Å². The van der Waals surface area contributed by atoms with E-state index in [0.717, 1.165) is 17.8 Å². The number of amides is 1. The Morgan fingerprint density at radius 2 is 2.11 bits per heavy atom. The van der Waals surface area contributed by atoms with Gasteiger partial charge < -0.3 is 9.47 Å². The number of amidine groups is 1. The SMILES string of the molecule is COC(=O)C=C1SC(=NN=CCC(=O)OC)NC1=O. The molecule has 0 unspecified atom stereocenters. The normalized spacial score (nSPS) is 18.9. The lowest BCUT2D eigenvalue weighted by Gasteiger charge is -1.91. The van der Waals surface area contributed by atoms with E-state index >= 15 is 0 Å². The van der Waals surface area contributed by atoms with Gasteiger partial charge in [0.1, 0.15) is 0 Å². The van der Waals surface area contributed by atoms with Crippen LogP contribution in [-0.4, -0.2) is 43.4 Å². The summed E-state index contributed by atoms with van der Waals surface area (Å²) in [5.74, 6) is -1.54. The molecule has 1 amide bonds. The molecule has 102 valence electrons. The van der Waals surface area contributed by atoms with Gasteiger partial charge in [-0.2, -0.15) is 5.10 Å². The van der Waals surface area contributed by atoms with Gasteiger partial charge in [-0.3, -0.25) is 14.9 Å². The number of carbonyl (C=O) groups is 3. The van der Waals surface area contributed by atoms with Crippen LogP contribution >= 0.6 is 11.8 Å². The lowest BCUT2D eigenvalue weighted by Crippen LogP contribution is -2.19. The summed E-state index contributed by atoms with van der Waals surface area (Å²) in [7, 11) is 2.47. The van der Waals surface area contributed by atoms with Gasteiger partial charge in [0.25, 0.3) is 5.91 Å². The fraction of sp³-hybridized carbons (Fsp3) is 0.300. The van der Waals surface area contributed by atoms with Gasteiger partial charge in [-0.1, -0.05) is 0 Å². The van der Waals surface area contributed by atoms with Crippen molar-refractivity contribution < 1.29 is 23.9 Å². The summed E-state index contributed by atoms with van der Waals surface area (Å²) < 4.78 is 8.80. The topological polar surface area (TPSA) is 106 Å². The van der Waals surface area contributed by atoms with E-state index in [2.05, 4.69) is 25.0 Å². The first kappa shape index (κ1) is 14.9. The minimum atomic E-state index is -0.631. The molecule has 8 nitrogen and oxygen atoms in total. The van der Waals surface area contributed by atoms with E-state index in [0.29, 0.717) is 0 Å². The van der Waals surface area contributed by atoms with Crippen molar-refractivity contribution in [2.45, 2.75) is 6.42 Å². The third-order valence-electron chi connectivity index (χ3n) is 1.82. The molecule has 1 heterocycles. The number of thioether (sulfide) groups is 1. The first-order valence-corrected chi connectivity index (χ1v) is 5.83. The predicted octanol–water partition coefficient (Wildman–Crippen LogP) is -0.189. The smallest absolute Gasteiger partial charge is 0.331 e. The van der Waals surface area contributed by atoms with Gasteiger partial charge in [0.2, 0.25) is 0 Å². The van der Waals surface area contributed by atoms with Crippen LogP contribution in [0.2, 0.25) is 0 Å². The van der Waals surface area contributed by atoms with Crippen LogP contribution in [0.1, 0.15) is 6.42 Å². The van der Waals surface area contributed by atoms with Crippen molar-refractivity contribution in [2.75, 3.05) is 14.2 Å². The average molecular weight is 285 g/mol. The van der Waals surface area contributed by atoms with Gasteiger partial charge in [-0.25, -0.2) is 4.79 Å². The zero-order valence-electron chi connectivity index (χ0n) is 10.2. The Labute approximate surface area is 112 Å². The molecule has 1 aliphatic rings. The highest BCUT2D eigenvalue weighted by molar-refractivity contribution is 8.18. The molecule has 0 aromatic heterocycles. The van der Waals surface area contributed by atoms with E-state index in [1.54, 1.807) is 0 Å². The molecule has 1 fully saturated rings. The van der Waals surface area contributed by atoms with Crippen molar-refractivity contribution in [1.29, 1.82) is 0 Å². The fourth-order valence-electron chi connectivity index (χ4n) is 0.933. The molecule has 0 radical (unpaired) electrons. The molecule has 0 aliphatic carbocycles. The van der Waals surface area contributed by atoms with Crippen molar-refractivity contribution in [2.24, 2.45) is 10.2 Å². The van der Waals surface area contributed by atoms with E-state index in [1.807, 2.05) is 0 Å². The van der Waals surface area contributed by atoms with Gasteiger partial charge in [-0.05, 0) is 11.8 Å². The minimum Gasteiger partial charge on any atom is -0.469 e. The van der Waals surface area contributed by atoms with E-state index in [-0.39, 0.29) is 16.5 Å². The lowest BCUT2D eigenvalue weighted by atomic mass is 10.4. The lowest BCUT2D eigenvalue weighted by molar-refractivity contribution is -0.139. The molecule has 0 atom stereocenters. The summed E-state index contributed by atoms with van der Waals surface area (Å²) >= 11 is 0.947. The average Bonchev–Trinajstić information content (AvgIpc) is 2.74. The monoisotopic (exact) mass is 285 g/mol. The van der Waals surface area contributed by atoms with E-state index in [1.165, 1.54) is 20.4 Å². The number of methoxy groups -OCH3 is 2. The van der Waals surface area contributed by atoms with Crippen LogP contribution in [0.4, 0.5) is 0 Å². The van der Waals surface area contributed by atoms with Gasteiger partial charge >= 0.3 is 11.9 Å². The number of hydrogen-bond donors (Lipinski definition) is 1. The standard InChI is InChI=1S/C10H11N3O5S/c1-17-7(14)3-4-11-13-10-12-9(16)6(19-10)5-8(15)18-2/h4-5H,3H2,1-2H3,(H,12,13,16).